The molecule has 0 heterocycles. The van der Waals surface area contributed by atoms with E-state index >= 15 is 0 Å². The number of aryl methyl sites for hydroxylation is 1. The van der Waals surface area contributed by atoms with Gasteiger partial charge in [-0.3, -0.25) is 0 Å². The average molecular weight is 274 g/mol. The van der Waals surface area contributed by atoms with E-state index in [1.54, 1.807) is 7.05 Å². The maximum Gasteiger partial charge on any atom is 0.135 e. The molecule has 0 radical (unpaired) electrons. The molecule has 1 aromatic carbocycles. The third-order valence-corrected chi connectivity index (χ3v) is 3.50. The van der Waals surface area contributed by atoms with Crippen molar-refractivity contribution in [2.75, 3.05) is 13.6 Å². The Bertz CT molecular complexity index is 366. The van der Waals surface area contributed by atoms with Gasteiger partial charge in [0.25, 0.3) is 0 Å². The highest BCUT2D eigenvalue weighted by Crippen LogP contribution is 2.36. The number of hydrogen-bond donors (Lipinski definition) is 3. The molecular formula is C11H16BrNO2. The Hall–Kier alpha value is -0.580. The molecule has 0 fully saturated rings. The maximum absolute atomic E-state index is 9.87. The Kier molecular flexibility index (Phi) is 4.13. The van der Waals surface area contributed by atoms with Crippen LogP contribution in [0.3, 0.4) is 0 Å². The first-order chi connectivity index (χ1) is 6.99. The van der Waals surface area contributed by atoms with Gasteiger partial charge in [0.2, 0.25) is 0 Å². The van der Waals surface area contributed by atoms with E-state index in [9.17, 15) is 10.2 Å². The number of phenolic OH excluding ortho intramolecular Hbond substituents is 1. The van der Waals surface area contributed by atoms with Crippen LogP contribution in [0.5, 0.6) is 5.75 Å². The third kappa shape index (κ3) is 2.51. The van der Waals surface area contributed by atoms with E-state index in [4.69, 9.17) is 0 Å². The summed E-state index contributed by atoms with van der Waals surface area (Å²) in [7, 11) is 1.76. The van der Waals surface area contributed by atoms with Gasteiger partial charge in [0, 0.05) is 12.1 Å². The van der Waals surface area contributed by atoms with Crippen molar-refractivity contribution in [3.8, 4) is 5.75 Å². The zero-order valence-electron chi connectivity index (χ0n) is 9.13. The molecule has 84 valence electrons. The molecule has 4 heteroatoms. The Morgan fingerprint density at radius 1 is 1.47 bits per heavy atom. The van der Waals surface area contributed by atoms with Crippen molar-refractivity contribution < 1.29 is 10.2 Å². The molecule has 0 saturated carbocycles. The molecule has 3 nitrogen and oxygen atoms in total. The zero-order chi connectivity index (χ0) is 11.6. The number of aromatic hydroxyl groups is 1. The number of benzene rings is 1. The van der Waals surface area contributed by atoms with Crippen molar-refractivity contribution in [1.82, 2.24) is 5.32 Å². The summed E-state index contributed by atoms with van der Waals surface area (Å²) < 4.78 is 0.660. The summed E-state index contributed by atoms with van der Waals surface area (Å²) in [5.41, 5.74) is 2.59. The molecule has 0 aliphatic carbocycles. The summed E-state index contributed by atoms with van der Waals surface area (Å²) in [5.74, 6) is 0.126. The van der Waals surface area contributed by atoms with Crippen LogP contribution < -0.4 is 5.32 Å². The minimum atomic E-state index is -0.689. The quantitative estimate of drug-likeness (QED) is 0.790. The average Bonchev–Trinajstić information content (AvgIpc) is 2.20. The van der Waals surface area contributed by atoms with Crippen LogP contribution >= 0.6 is 15.9 Å². The van der Waals surface area contributed by atoms with E-state index in [0.29, 0.717) is 16.6 Å². The lowest BCUT2D eigenvalue weighted by Crippen LogP contribution is -2.17. The Balaban J connectivity index is 3.19. The smallest absolute Gasteiger partial charge is 0.135 e. The van der Waals surface area contributed by atoms with Gasteiger partial charge in [0.05, 0.1) is 10.6 Å². The molecule has 0 saturated heterocycles. The molecule has 1 atom stereocenters. The lowest BCUT2D eigenvalue weighted by atomic mass is 10.0. The maximum atomic E-state index is 9.87. The number of halogens is 1. The minimum absolute atomic E-state index is 0.126. The molecule has 1 rings (SSSR count). The van der Waals surface area contributed by atoms with Gasteiger partial charge in [-0.1, -0.05) is 0 Å². The molecule has 3 N–H and O–H groups in total. The van der Waals surface area contributed by atoms with E-state index < -0.39 is 6.10 Å². The highest BCUT2D eigenvalue weighted by Gasteiger charge is 2.16. The lowest BCUT2D eigenvalue weighted by molar-refractivity contribution is 0.173. The van der Waals surface area contributed by atoms with E-state index in [-0.39, 0.29) is 5.75 Å². The Morgan fingerprint density at radius 2 is 2.07 bits per heavy atom. The molecule has 0 aromatic heterocycles. The summed E-state index contributed by atoms with van der Waals surface area (Å²) in [6.45, 7) is 4.30. The number of aliphatic hydroxyl groups is 1. The van der Waals surface area contributed by atoms with Gasteiger partial charge in [-0.25, -0.2) is 0 Å². The summed E-state index contributed by atoms with van der Waals surface area (Å²) in [4.78, 5) is 0. The molecule has 15 heavy (non-hydrogen) atoms. The molecule has 1 unspecified atom stereocenters. The van der Waals surface area contributed by atoms with Crippen LogP contribution in [0.2, 0.25) is 0 Å². The van der Waals surface area contributed by atoms with Crippen LogP contribution in [-0.2, 0) is 0 Å². The molecule has 0 aliphatic heterocycles. The molecule has 0 amide bonds. The van der Waals surface area contributed by atoms with Crippen molar-refractivity contribution in [3.63, 3.8) is 0 Å². The molecule has 1 aromatic rings. The van der Waals surface area contributed by atoms with Crippen molar-refractivity contribution >= 4 is 15.9 Å². The molecular weight excluding hydrogens is 258 g/mol. The number of nitrogens with one attached hydrogen (secondary N) is 1. The van der Waals surface area contributed by atoms with Gasteiger partial charge in [0.1, 0.15) is 5.75 Å². The first kappa shape index (κ1) is 12.5. The molecule has 0 spiro atoms. The minimum Gasteiger partial charge on any atom is -0.506 e. The fourth-order valence-corrected chi connectivity index (χ4v) is 1.99. The van der Waals surface area contributed by atoms with Crippen molar-refractivity contribution in [3.05, 3.63) is 27.2 Å². The second-order valence-corrected chi connectivity index (χ2v) is 4.44. The Labute approximate surface area is 98.3 Å². The van der Waals surface area contributed by atoms with Crippen LogP contribution in [-0.4, -0.2) is 23.8 Å². The first-order valence-corrected chi connectivity index (χ1v) is 5.59. The van der Waals surface area contributed by atoms with E-state index in [2.05, 4.69) is 21.2 Å². The molecule has 0 aliphatic rings. The van der Waals surface area contributed by atoms with Gasteiger partial charge in [-0.05, 0) is 54.0 Å². The predicted octanol–water partition coefficient (Wildman–Crippen LogP) is 2.02. The Morgan fingerprint density at radius 3 is 2.60 bits per heavy atom. The summed E-state index contributed by atoms with van der Waals surface area (Å²) >= 11 is 3.32. The molecule has 0 bridgehead atoms. The fourth-order valence-electron chi connectivity index (χ4n) is 1.44. The summed E-state index contributed by atoms with van der Waals surface area (Å²) in [5, 5.41) is 22.5. The van der Waals surface area contributed by atoms with Crippen LogP contribution in [0.1, 0.15) is 22.8 Å². The number of likely N-dealkylation sites (N-methyl/N-ethyl adjacent to an activating group) is 1. The van der Waals surface area contributed by atoms with Crippen LogP contribution in [0.15, 0.2) is 10.5 Å². The van der Waals surface area contributed by atoms with Crippen LogP contribution in [0.4, 0.5) is 0 Å². The SMILES string of the molecule is CNCC(O)c1cc(C)c(C)c(Br)c1O. The standard InChI is InChI=1S/C11H16BrNO2/c1-6-4-8(9(14)5-13-3)11(15)10(12)7(6)2/h4,9,13-15H,5H2,1-3H3. The van der Waals surface area contributed by atoms with Crippen molar-refractivity contribution in [1.29, 1.82) is 0 Å². The van der Waals surface area contributed by atoms with Gasteiger partial charge >= 0.3 is 0 Å². The van der Waals surface area contributed by atoms with E-state index in [1.807, 2.05) is 19.9 Å². The van der Waals surface area contributed by atoms with Crippen molar-refractivity contribution in [2.24, 2.45) is 0 Å². The van der Waals surface area contributed by atoms with Gasteiger partial charge in [-0.2, -0.15) is 0 Å². The zero-order valence-corrected chi connectivity index (χ0v) is 10.7. The monoisotopic (exact) mass is 273 g/mol. The number of hydrogen-bond acceptors (Lipinski definition) is 3. The van der Waals surface area contributed by atoms with Crippen molar-refractivity contribution in [2.45, 2.75) is 20.0 Å². The first-order valence-electron chi connectivity index (χ1n) is 4.80. The third-order valence-electron chi connectivity index (χ3n) is 2.53. The summed E-state index contributed by atoms with van der Waals surface area (Å²) in [6.07, 6.45) is -0.689. The number of phenols is 1. The fraction of sp³-hybridized carbons (Fsp3) is 0.455. The largest absolute Gasteiger partial charge is 0.506 e. The van der Waals surface area contributed by atoms with E-state index in [0.717, 1.165) is 11.1 Å². The summed E-state index contributed by atoms with van der Waals surface area (Å²) in [6, 6.07) is 1.82. The van der Waals surface area contributed by atoms with Gasteiger partial charge < -0.3 is 15.5 Å². The number of rotatable bonds is 3. The number of aliphatic hydroxyl groups excluding tert-OH is 1. The van der Waals surface area contributed by atoms with Gasteiger partial charge in [0.15, 0.2) is 0 Å². The predicted molar refractivity (Wildman–Crippen MR) is 64.2 cm³/mol. The van der Waals surface area contributed by atoms with Gasteiger partial charge in [-0.15, -0.1) is 0 Å². The lowest BCUT2D eigenvalue weighted by Gasteiger charge is -2.16. The van der Waals surface area contributed by atoms with E-state index in [1.165, 1.54) is 0 Å². The topological polar surface area (TPSA) is 52.5 Å². The van der Waals surface area contributed by atoms with Crippen LogP contribution in [0, 0.1) is 13.8 Å². The highest BCUT2D eigenvalue weighted by atomic mass is 79.9. The highest BCUT2D eigenvalue weighted by molar-refractivity contribution is 9.10. The normalized spacial score (nSPS) is 12.9. The second kappa shape index (κ2) is 4.96. The second-order valence-electron chi connectivity index (χ2n) is 3.64. The van der Waals surface area contributed by atoms with Crippen LogP contribution in [0.25, 0.3) is 0 Å².